The molecule has 0 saturated heterocycles. The Hall–Kier alpha value is -2.62. The number of carbonyl (C=O) groups is 2. The molecule has 1 aliphatic rings. The number of fused-ring (bicyclic) bond motifs is 1. The minimum absolute atomic E-state index is 0.290. The molecule has 0 aliphatic heterocycles. The van der Waals surface area contributed by atoms with Crippen LogP contribution in [0.3, 0.4) is 0 Å². The van der Waals surface area contributed by atoms with E-state index >= 15 is 0 Å². The highest BCUT2D eigenvalue weighted by molar-refractivity contribution is 5.99. The summed E-state index contributed by atoms with van der Waals surface area (Å²) in [4.78, 5) is 24.3. The Bertz CT molecular complexity index is 751. The largest absolute Gasteiger partial charge is 0.269 e. The molecule has 4 nitrogen and oxygen atoms in total. The van der Waals surface area contributed by atoms with Crippen LogP contribution in [0.2, 0.25) is 0 Å². The summed E-state index contributed by atoms with van der Waals surface area (Å²) in [6, 6.07) is 13.1. The quantitative estimate of drug-likeness (QED) is 0.853. The van der Waals surface area contributed by atoms with Gasteiger partial charge in [-0.05, 0) is 73.1 Å². The van der Waals surface area contributed by atoms with Crippen molar-refractivity contribution in [1.82, 2.24) is 10.9 Å². The molecule has 2 amide bonds. The van der Waals surface area contributed by atoms with Gasteiger partial charge in [0, 0.05) is 11.1 Å². The van der Waals surface area contributed by atoms with E-state index < -0.39 is 0 Å². The molecule has 0 bridgehead atoms. The summed E-state index contributed by atoms with van der Waals surface area (Å²) in [7, 11) is 0. The Morgan fingerprint density at radius 1 is 0.833 bits per heavy atom. The molecular weight excluding hydrogens is 300 g/mol. The van der Waals surface area contributed by atoms with Gasteiger partial charge in [-0.2, -0.15) is 0 Å². The fourth-order valence-corrected chi connectivity index (χ4v) is 3.02. The number of benzene rings is 2. The van der Waals surface area contributed by atoms with E-state index in [0.717, 1.165) is 19.3 Å². The average Bonchev–Trinajstić information content (AvgIpc) is 2.65. The van der Waals surface area contributed by atoms with E-state index in [1.807, 2.05) is 30.3 Å². The van der Waals surface area contributed by atoms with Gasteiger partial charge in [0.15, 0.2) is 0 Å². The van der Waals surface area contributed by atoms with Crippen LogP contribution in [0.25, 0.3) is 0 Å². The zero-order valence-electron chi connectivity index (χ0n) is 13.9. The number of carbonyl (C=O) groups excluding carboxylic acids is 2. The monoisotopic (exact) mass is 322 g/mol. The van der Waals surface area contributed by atoms with E-state index in [1.165, 1.54) is 29.5 Å². The third kappa shape index (κ3) is 3.65. The standard InChI is InChI=1S/C20H22N2O2/c1-2-14-7-9-16(10-8-14)19(23)21-22-20(24)18-12-11-15-5-3-4-6-17(15)13-18/h7-13H,2-6H2,1H3,(H,21,23)(H,22,24). The van der Waals surface area contributed by atoms with Gasteiger partial charge in [0.05, 0.1) is 0 Å². The highest BCUT2D eigenvalue weighted by atomic mass is 16.2. The number of nitrogens with one attached hydrogen (secondary N) is 2. The van der Waals surface area contributed by atoms with Gasteiger partial charge in [-0.15, -0.1) is 0 Å². The molecule has 1 aliphatic carbocycles. The van der Waals surface area contributed by atoms with Gasteiger partial charge < -0.3 is 0 Å². The maximum absolute atomic E-state index is 12.2. The van der Waals surface area contributed by atoms with Crippen molar-refractivity contribution in [1.29, 1.82) is 0 Å². The molecule has 124 valence electrons. The van der Waals surface area contributed by atoms with Crippen LogP contribution in [0.15, 0.2) is 42.5 Å². The first-order chi connectivity index (χ1) is 11.7. The Balaban J connectivity index is 1.61. The lowest BCUT2D eigenvalue weighted by molar-refractivity contribution is 0.0846. The third-order valence-electron chi connectivity index (χ3n) is 4.52. The number of hydrazine groups is 1. The first kappa shape index (κ1) is 16.2. The molecule has 0 heterocycles. The SMILES string of the molecule is CCc1ccc(C(=O)NNC(=O)c2ccc3c(c2)CCCC3)cc1. The van der Waals surface area contributed by atoms with Gasteiger partial charge in [-0.3, -0.25) is 20.4 Å². The fraction of sp³-hybridized carbons (Fsp3) is 0.300. The van der Waals surface area contributed by atoms with Crippen LogP contribution in [0.4, 0.5) is 0 Å². The van der Waals surface area contributed by atoms with Gasteiger partial charge >= 0.3 is 0 Å². The summed E-state index contributed by atoms with van der Waals surface area (Å²) in [6.07, 6.45) is 5.42. The van der Waals surface area contributed by atoms with Crippen LogP contribution < -0.4 is 10.9 Å². The summed E-state index contributed by atoms with van der Waals surface area (Å²) in [5.41, 5.74) is 9.83. The molecule has 0 atom stereocenters. The summed E-state index contributed by atoms with van der Waals surface area (Å²) in [5, 5.41) is 0. The second kappa shape index (κ2) is 7.30. The van der Waals surface area contributed by atoms with Crippen molar-refractivity contribution in [3.8, 4) is 0 Å². The van der Waals surface area contributed by atoms with Gasteiger partial charge in [0.25, 0.3) is 11.8 Å². The molecule has 0 saturated carbocycles. The summed E-state index contributed by atoms with van der Waals surface area (Å²) >= 11 is 0. The van der Waals surface area contributed by atoms with E-state index in [0.29, 0.717) is 11.1 Å². The summed E-state index contributed by atoms with van der Waals surface area (Å²) in [6.45, 7) is 2.06. The highest BCUT2D eigenvalue weighted by Crippen LogP contribution is 2.22. The lowest BCUT2D eigenvalue weighted by atomic mass is 9.90. The maximum atomic E-state index is 12.2. The number of aryl methyl sites for hydroxylation is 3. The lowest BCUT2D eigenvalue weighted by Gasteiger charge is -2.16. The van der Waals surface area contributed by atoms with Crippen molar-refractivity contribution < 1.29 is 9.59 Å². The molecule has 0 unspecified atom stereocenters. The maximum Gasteiger partial charge on any atom is 0.269 e. The smallest absolute Gasteiger partial charge is 0.267 e. The minimum atomic E-state index is -0.316. The molecule has 2 N–H and O–H groups in total. The molecular formula is C20H22N2O2. The molecule has 0 fully saturated rings. The Kier molecular flexibility index (Phi) is 4.94. The van der Waals surface area contributed by atoms with Crippen LogP contribution in [-0.4, -0.2) is 11.8 Å². The van der Waals surface area contributed by atoms with Crippen molar-refractivity contribution in [2.45, 2.75) is 39.0 Å². The van der Waals surface area contributed by atoms with Crippen molar-refractivity contribution in [2.75, 3.05) is 0 Å². The minimum Gasteiger partial charge on any atom is -0.267 e. The van der Waals surface area contributed by atoms with Crippen LogP contribution in [0, 0.1) is 0 Å². The zero-order valence-corrected chi connectivity index (χ0v) is 13.9. The van der Waals surface area contributed by atoms with Crippen LogP contribution in [0.1, 0.15) is 57.2 Å². The van der Waals surface area contributed by atoms with E-state index in [2.05, 4.69) is 17.8 Å². The zero-order chi connectivity index (χ0) is 16.9. The van der Waals surface area contributed by atoms with Gasteiger partial charge in [0.2, 0.25) is 0 Å². The Labute approximate surface area is 142 Å². The number of amides is 2. The van der Waals surface area contributed by atoms with E-state index in [9.17, 15) is 9.59 Å². The van der Waals surface area contributed by atoms with Crippen LogP contribution in [-0.2, 0) is 19.3 Å². The first-order valence-corrected chi connectivity index (χ1v) is 8.49. The van der Waals surface area contributed by atoms with Crippen molar-refractivity contribution >= 4 is 11.8 Å². The van der Waals surface area contributed by atoms with Gasteiger partial charge in [-0.25, -0.2) is 0 Å². The Morgan fingerprint density at radius 2 is 1.42 bits per heavy atom. The molecule has 0 spiro atoms. The lowest BCUT2D eigenvalue weighted by Crippen LogP contribution is -2.41. The number of hydrogen-bond donors (Lipinski definition) is 2. The van der Waals surface area contributed by atoms with Crippen LogP contribution in [0.5, 0.6) is 0 Å². The summed E-state index contributed by atoms with van der Waals surface area (Å²) in [5.74, 6) is -0.606. The second-order valence-electron chi connectivity index (χ2n) is 6.15. The average molecular weight is 322 g/mol. The molecule has 2 aromatic carbocycles. The second-order valence-corrected chi connectivity index (χ2v) is 6.15. The van der Waals surface area contributed by atoms with Gasteiger partial charge in [0.1, 0.15) is 0 Å². The molecule has 4 heteroatoms. The molecule has 2 aromatic rings. The number of rotatable bonds is 3. The fourth-order valence-electron chi connectivity index (χ4n) is 3.02. The molecule has 3 rings (SSSR count). The van der Waals surface area contributed by atoms with Crippen molar-refractivity contribution in [3.63, 3.8) is 0 Å². The normalized spacial score (nSPS) is 13.0. The Morgan fingerprint density at radius 3 is 2.08 bits per heavy atom. The van der Waals surface area contributed by atoms with Crippen LogP contribution >= 0.6 is 0 Å². The van der Waals surface area contributed by atoms with E-state index in [-0.39, 0.29) is 11.8 Å². The third-order valence-corrected chi connectivity index (χ3v) is 4.52. The molecule has 0 aromatic heterocycles. The highest BCUT2D eigenvalue weighted by Gasteiger charge is 2.13. The van der Waals surface area contributed by atoms with E-state index in [4.69, 9.17) is 0 Å². The topological polar surface area (TPSA) is 58.2 Å². The number of hydrogen-bond acceptors (Lipinski definition) is 2. The van der Waals surface area contributed by atoms with E-state index in [1.54, 1.807) is 12.1 Å². The molecule has 0 radical (unpaired) electrons. The predicted molar refractivity (Wildman–Crippen MR) is 93.8 cm³/mol. The van der Waals surface area contributed by atoms with Gasteiger partial charge in [-0.1, -0.05) is 25.1 Å². The first-order valence-electron chi connectivity index (χ1n) is 8.49. The predicted octanol–water partition coefficient (Wildman–Crippen LogP) is 3.20. The van der Waals surface area contributed by atoms with Crippen molar-refractivity contribution in [2.24, 2.45) is 0 Å². The van der Waals surface area contributed by atoms with Crippen molar-refractivity contribution in [3.05, 3.63) is 70.3 Å². The summed E-state index contributed by atoms with van der Waals surface area (Å²) < 4.78 is 0. The molecule has 24 heavy (non-hydrogen) atoms.